The van der Waals surface area contributed by atoms with Crippen LogP contribution in [-0.2, 0) is 27.4 Å². The third kappa shape index (κ3) is 8.40. The summed E-state index contributed by atoms with van der Waals surface area (Å²) in [6.45, 7) is 5.68. The van der Waals surface area contributed by atoms with Gasteiger partial charge < -0.3 is 30.0 Å². The van der Waals surface area contributed by atoms with Crippen LogP contribution in [0.25, 0.3) is 10.9 Å². The molecule has 12 nitrogen and oxygen atoms in total. The van der Waals surface area contributed by atoms with E-state index >= 15 is 0 Å². The molecule has 0 aliphatic carbocycles. The number of aryl methyl sites for hydroxylation is 1. The summed E-state index contributed by atoms with van der Waals surface area (Å²) in [6, 6.07) is 18.0. The average molecular weight is 601 g/mol. The van der Waals surface area contributed by atoms with Crippen LogP contribution in [0, 0.1) is 6.92 Å². The van der Waals surface area contributed by atoms with Gasteiger partial charge in [-0.25, -0.2) is 9.59 Å². The second kappa shape index (κ2) is 14.3. The minimum Gasteiger partial charge on any atom is -0.445 e. The molecular formula is C32H36N6O6. The molecule has 0 atom stereocenters. The van der Waals surface area contributed by atoms with Crippen LogP contribution in [0.2, 0.25) is 0 Å². The first-order valence-electron chi connectivity index (χ1n) is 14.2. The molecule has 12 heteroatoms. The maximum absolute atomic E-state index is 13.2. The summed E-state index contributed by atoms with van der Waals surface area (Å²) >= 11 is 0. The van der Waals surface area contributed by atoms with Crippen LogP contribution in [0.1, 0.15) is 37.1 Å². The summed E-state index contributed by atoms with van der Waals surface area (Å²) in [5.74, 6) is -0.579. The molecule has 2 heterocycles. The maximum atomic E-state index is 13.2. The average Bonchev–Trinajstić information content (AvgIpc) is 3.00. The summed E-state index contributed by atoms with van der Waals surface area (Å²) in [7, 11) is 1.70. The number of ether oxygens (including phenoxy) is 1. The number of anilines is 2. The third-order valence-electron chi connectivity index (χ3n) is 6.90. The fraction of sp³-hybridized carbons (Fsp3) is 0.312. The second-order valence-corrected chi connectivity index (χ2v) is 10.8. The molecule has 0 aliphatic heterocycles. The molecule has 0 unspecified atom stereocenters. The molecule has 3 amide bonds. The van der Waals surface area contributed by atoms with Crippen molar-refractivity contribution in [2.24, 2.45) is 0 Å². The van der Waals surface area contributed by atoms with E-state index < -0.39 is 17.3 Å². The predicted octanol–water partition coefficient (Wildman–Crippen LogP) is 4.04. The SMILES string of the molecule is Cc1c(NC(=O)CCNC(=O)OCc2ccccc2)ccc2nc(NC(C)(C)C(=O)N(C)CCc3ccccn3)oc(=O)c12. The second-order valence-electron chi connectivity index (χ2n) is 10.8. The van der Waals surface area contributed by atoms with Gasteiger partial charge in [0.1, 0.15) is 12.1 Å². The molecule has 0 aliphatic rings. The highest BCUT2D eigenvalue weighted by molar-refractivity contribution is 5.96. The number of hydrogen-bond acceptors (Lipinski definition) is 9. The van der Waals surface area contributed by atoms with Crippen molar-refractivity contribution in [3.63, 3.8) is 0 Å². The van der Waals surface area contributed by atoms with E-state index in [1.807, 2.05) is 48.5 Å². The summed E-state index contributed by atoms with van der Waals surface area (Å²) in [6.07, 6.45) is 1.67. The van der Waals surface area contributed by atoms with Gasteiger partial charge in [-0.1, -0.05) is 36.4 Å². The van der Waals surface area contributed by atoms with Crippen LogP contribution >= 0.6 is 0 Å². The van der Waals surface area contributed by atoms with Gasteiger partial charge in [-0.05, 0) is 56.2 Å². The normalized spacial score (nSPS) is 11.1. The van der Waals surface area contributed by atoms with Gasteiger partial charge in [-0.15, -0.1) is 0 Å². The first kappa shape index (κ1) is 31.7. The molecule has 3 N–H and O–H groups in total. The lowest BCUT2D eigenvalue weighted by molar-refractivity contribution is -0.133. The van der Waals surface area contributed by atoms with Crippen molar-refractivity contribution in [3.05, 3.63) is 94.1 Å². The van der Waals surface area contributed by atoms with Gasteiger partial charge in [0, 0.05) is 50.6 Å². The third-order valence-corrected chi connectivity index (χ3v) is 6.90. The molecule has 0 radical (unpaired) electrons. The van der Waals surface area contributed by atoms with E-state index in [1.54, 1.807) is 51.0 Å². The number of carbonyl (C=O) groups excluding carboxylic acids is 3. The Hall–Kier alpha value is -5.26. The van der Waals surface area contributed by atoms with Gasteiger partial charge in [-0.2, -0.15) is 4.98 Å². The van der Waals surface area contributed by atoms with Crippen LogP contribution in [-0.4, -0.2) is 58.5 Å². The number of amides is 3. The van der Waals surface area contributed by atoms with Crippen molar-refractivity contribution in [2.45, 2.75) is 45.8 Å². The van der Waals surface area contributed by atoms with Gasteiger partial charge in [0.15, 0.2) is 0 Å². The minimum atomic E-state index is -1.12. The minimum absolute atomic E-state index is 0.00690. The molecule has 4 aromatic rings. The number of nitrogens with one attached hydrogen (secondary N) is 3. The number of pyridine rings is 1. The van der Waals surface area contributed by atoms with Gasteiger partial charge in [-0.3, -0.25) is 14.6 Å². The highest BCUT2D eigenvalue weighted by Gasteiger charge is 2.32. The van der Waals surface area contributed by atoms with E-state index in [0.29, 0.717) is 29.7 Å². The van der Waals surface area contributed by atoms with E-state index in [0.717, 1.165) is 11.3 Å². The summed E-state index contributed by atoms with van der Waals surface area (Å²) in [5, 5.41) is 8.45. The first-order valence-corrected chi connectivity index (χ1v) is 14.2. The molecule has 230 valence electrons. The number of benzene rings is 2. The van der Waals surface area contributed by atoms with Crippen molar-refractivity contribution in [3.8, 4) is 0 Å². The number of likely N-dealkylation sites (N-methyl/N-ethyl adjacent to an activating group) is 1. The lowest BCUT2D eigenvalue weighted by Crippen LogP contribution is -2.49. The molecule has 2 aromatic heterocycles. The highest BCUT2D eigenvalue weighted by Crippen LogP contribution is 2.24. The van der Waals surface area contributed by atoms with Crippen LogP contribution in [0.4, 0.5) is 16.5 Å². The fourth-order valence-corrected chi connectivity index (χ4v) is 4.50. The van der Waals surface area contributed by atoms with Crippen molar-refractivity contribution < 1.29 is 23.5 Å². The molecule has 0 fully saturated rings. The standard InChI is InChI=1S/C32H36N6O6/c1-21-24(35-26(39)15-18-34-31(42)43-20-22-10-6-5-7-11-22)13-14-25-27(21)28(40)44-30(36-25)37-32(2,3)29(41)38(4)19-16-23-12-8-9-17-33-23/h5-14,17H,15-16,18-20H2,1-4H3,(H,34,42)(H,35,39)(H,36,37). The maximum Gasteiger partial charge on any atom is 0.407 e. The Labute approximate surface area is 254 Å². The molecule has 2 aromatic carbocycles. The zero-order valence-electron chi connectivity index (χ0n) is 25.2. The van der Waals surface area contributed by atoms with Crippen LogP contribution in [0.15, 0.2) is 76.1 Å². The Morgan fingerprint density at radius 2 is 1.77 bits per heavy atom. The molecule has 0 saturated heterocycles. The van der Waals surface area contributed by atoms with Crippen molar-refractivity contribution in [1.82, 2.24) is 20.2 Å². The Morgan fingerprint density at radius 3 is 2.50 bits per heavy atom. The number of nitrogens with zero attached hydrogens (tertiary/aromatic N) is 3. The number of carbonyl (C=O) groups is 3. The van der Waals surface area contributed by atoms with Gasteiger partial charge in [0.05, 0.1) is 10.9 Å². The van der Waals surface area contributed by atoms with E-state index in [-0.39, 0.29) is 42.8 Å². The highest BCUT2D eigenvalue weighted by atomic mass is 16.5. The Kier molecular flexibility index (Phi) is 10.3. The predicted molar refractivity (Wildman–Crippen MR) is 166 cm³/mol. The largest absolute Gasteiger partial charge is 0.445 e. The Balaban J connectivity index is 1.33. The zero-order valence-corrected chi connectivity index (χ0v) is 25.2. The topological polar surface area (TPSA) is 156 Å². The number of rotatable bonds is 12. The van der Waals surface area contributed by atoms with Gasteiger partial charge in [0.25, 0.3) is 6.01 Å². The van der Waals surface area contributed by atoms with E-state index in [4.69, 9.17) is 9.15 Å². The van der Waals surface area contributed by atoms with Crippen molar-refractivity contribution in [1.29, 1.82) is 0 Å². The Bertz CT molecular complexity index is 1670. The lowest BCUT2D eigenvalue weighted by atomic mass is 10.0. The smallest absolute Gasteiger partial charge is 0.407 e. The molecule has 4 rings (SSSR count). The van der Waals surface area contributed by atoms with E-state index in [1.165, 1.54) is 0 Å². The molecular weight excluding hydrogens is 564 g/mol. The summed E-state index contributed by atoms with van der Waals surface area (Å²) < 4.78 is 10.6. The Morgan fingerprint density at radius 1 is 1.02 bits per heavy atom. The van der Waals surface area contributed by atoms with Crippen LogP contribution < -0.4 is 21.6 Å². The lowest BCUT2D eigenvalue weighted by Gasteiger charge is -2.30. The van der Waals surface area contributed by atoms with Crippen LogP contribution in [0.5, 0.6) is 0 Å². The van der Waals surface area contributed by atoms with Gasteiger partial charge >= 0.3 is 11.7 Å². The van der Waals surface area contributed by atoms with Gasteiger partial charge in [0.2, 0.25) is 11.8 Å². The first-order chi connectivity index (χ1) is 21.0. The number of hydrogen-bond donors (Lipinski definition) is 3. The number of alkyl carbamates (subject to hydrolysis) is 1. The fourth-order valence-electron chi connectivity index (χ4n) is 4.50. The number of aromatic nitrogens is 2. The van der Waals surface area contributed by atoms with E-state index in [9.17, 15) is 19.2 Å². The monoisotopic (exact) mass is 600 g/mol. The molecule has 0 saturated carbocycles. The quantitative estimate of drug-likeness (QED) is 0.218. The number of fused-ring (bicyclic) bond motifs is 1. The zero-order chi connectivity index (χ0) is 31.7. The van der Waals surface area contributed by atoms with E-state index in [2.05, 4.69) is 25.9 Å². The van der Waals surface area contributed by atoms with Crippen LogP contribution in [0.3, 0.4) is 0 Å². The summed E-state index contributed by atoms with van der Waals surface area (Å²) in [5.41, 5.74) is 1.17. The molecule has 44 heavy (non-hydrogen) atoms. The van der Waals surface area contributed by atoms with Crippen molar-refractivity contribution >= 4 is 40.5 Å². The summed E-state index contributed by atoms with van der Waals surface area (Å²) in [4.78, 5) is 60.9. The van der Waals surface area contributed by atoms with Crippen molar-refractivity contribution in [2.75, 3.05) is 30.8 Å². The molecule has 0 bridgehead atoms. The molecule has 0 spiro atoms.